The summed E-state index contributed by atoms with van der Waals surface area (Å²) in [5, 5.41) is 13.3. The van der Waals surface area contributed by atoms with E-state index < -0.39 is 22.7 Å². The average Bonchev–Trinajstić information content (AvgIpc) is 2.53. The molecule has 0 aliphatic heterocycles. The Labute approximate surface area is 142 Å². The van der Waals surface area contributed by atoms with Crippen LogP contribution in [0.15, 0.2) is 42.5 Å². The number of hydrogen-bond donors (Lipinski definition) is 1. The topological polar surface area (TPSA) is 81.5 Å². The van der Waals surface area contributed by atoms with Gasteiger partial charge in [-0.05, 0) is 25.1 Å². The molecule has 0 aliphatic rings. The second kappa shape index (κ2) is 7.74. The van der Waals surface area contributed by atoms with Crippen molar-refractivity contribution in [3.8, 4) is 5.75 Å². The number of para-hydroxylation sites is 1. The lowest BCUT2D eigenvalue weighted by atomic mass is 10.2. The van der Waals surface area contributed by atoms with E-state index in [9.17, 15) is 19.3 Å². The number of nitrogens with zero attached hydrogens (tertiary/aromatic N) is 1. The van der Waals surface area contributed by atoms with Crippen LogP contribution in [0, 0.1) is 15.9 Å². The van der Waals surface area contributed by atoms with E-state index in [0.717, 1.165) is 6.07 Å². The number of nitrogens with one attached hydrogen (secondary N) is 1. The van der Waals surface area contributed by atoms with E-state index >= 15 is 0 Å². The van der Waals surface area contributed by atoms with Gasteiger partial charge in [0.2, 0.25) is 0 Å². The highest BCUT2D eigenvalue weighted by Gasteiger charge is 2.17. The van der Waals surface area contributed by atoms with Crippen LogP contribution in [0.4, 0.5) is 10.1 Å². The van der Waals surface area contributed by atoms with E-state index in [1.807, 2.05) is 0 Å². The van der Waals surface area contributed by atoms with Crippen molar-refractivity contribution in [1.29, 1.82) is 0 Å². The van der Waals surface area contributed by atoms with Gasteiger partial charge in [-0.25, -0.2) is 4.39 Å². The van der Waals surface area contributed by atoms with Crippen molar-refractivity contribution >= 4 is 23.2 Å². The zero-order valence-corrected chi connectivity index (χ0v) is 13.4. The number of hydrogen-bond acceptors (Lipinski definition) is 4. The standard InChI is InChI=1S/C16H14ClFN2O4/c1-10(9-24-15-5-3-2-4-14(15)18)19-16(21)12-7-6-11(20(22)23)8-13(12)17/h2-8,10H,9H2,1H3,(H,19,21). The van der Waals surface area contributed by atoms with Gasteiger partial charge in [0.25, 0.3) is 11.6 Å². The Morgan fingerprint density at radius 1 is 1.38 bits per heavy atom. The lowest BCUT2D eigenvalue weighted by Gasteiger charge is -2.15. The molecule has 1 atom stereocenters. The fourth-order valence-corrected chi connectivity index (χ4v) is 2.18. The van der Waals surface area contributed by atoms with Crippen LogP contribution in [-0.4, -0.2) is 23.5 Å². The highest BCUT2D eigenvalue weighted by Crippen LogP contribution is 2.22. The van der Waals surface area contributed by atoms with Crippen LogP contribution >= 0.6 is 11.6 Å². The number of amides is 1. The molecule has 1 unspecified atom stereocenters. The van der Waals surface area contributed by atoms with E-state index in [4.69, 9.17) is 16.3 Å². The number of non-ortho nitro benzene ring substituents is 1. The van der Waals surface area contributed by atoms with Crippen molar-refractivity contribution in [3.05, 3.63) is 69.0 Å². The molecule has 0 aromatic heterocycles. The number of carbonyl (C=O) groups excluding carboxylic acids is 1. The van der Waals surface area contributed by atoms with Crippen LogP contribution in [0.1, 0.15) is 17.3 Å². The maximum atomic E-state index is 13.4. The van der Waals surface area contributed by atoms with Gasteiger partial charge in [-0.1, -0.05) is 23.7 Å². The normalized spacial score (nSPS) is 11.6. The third kappa shape index (κ3) is 4.42. The first-order valence-electron chi connectivity index (χ1n) is 7.00. The number of ether oxygens (including phenoxy) is 1. The summed E-state index contributed by atoms with van der Waals surface area (Å²) >= 11 is 5.90. The van der Waals surface area contributed by atoms with Gasteiger partial charge in [-0.2, -0.15) is 0 Å². The Hall–Kier alpha value is -2.67. The molecule has 6 nitrogen and oxygen atoms in total. The van der Waals surface area contributed by atoms with Crippen molar-refractivity contribution in [2.24, 2.45) is 0 Å². The predicted octanol–water partition coefficient (Wildman–Crippen LogP) is 3.58. The van der Waals surface area contributed by atoms with Gasteiger partial charge in [-0.15, -0.1) is 0 Å². The number of carbonyl (C=O) groups is 1. The van der Waals surface area contributed by atoms with Crippen LogP contribution in [-0.2, 0) is 0 Å². The van der Waals surface area contributed by atoms with Crippen LogP contribution in [0.25, 0.3) is 0 Å². The van der Waals surface area contributed by atoms with Crippen LogP contribution < -0.4 is 10.1 Å². The molecular weight excluding hydrogens is 339 g/mol. The van der Waals surface area contributed by atoms with Crippen molar-refractivity contribution < 1.29 is 18.8 Å². The van der Waals surface area contributed by atoms with Crippen molar-refractivity contribution in [2.75, 3.05) is 6.61 Å². The van der Waals surface area contributed by atoms with Gasteiger partial charge in [-0.3, -0.25) is 14.9 Å². The predicted molar refractivity (Wildman–Crippen MR) is 86.9 cm³/mol. The smallest absolute Gasteiger partial charge is 0.270 e. The fraction of sp³-hybridized carbons (Fsp3) is 0.188. The van der Waals surface area contributed by atoms with E-state index in [-0.39, 0.29) is 28.6 Å². The summed E-state index contributed by atoms with van der Waals surface area (Å²) in [6, 6.07) is 9.09. The zero-order valence-electron chi connectivity index (χ0n) is 12.7. The molecule has 0 aliphatic carbocycles. The van der Waals surface area contributed by atoms with Gasteiger partial charge < -0.3 is 10.1 Å². The molecule has 24 heavy (non-hydrogen) atoms. The van der Waals surface area contributed by atoms with Crippen LogP contribution in [0.2, 0.25) is 5.02 Å². The van der Waals surface area contributed by atoms with E-state index in [1.54, 1.807) is 19.1 Å². The SMILES string of the molecule is CC(COc1ccccc1F)NC(=O)c1ccc([N+](=O)[O-])cc1Cl. The van der Waals surface area contributed by atoms with Crippen LogP contribution in [0.3, 0.4) is 0 Å². The molecule has 0 saturated carbocycles. The summed E-state index contributed by atoms with van der Waals surface area (Å²) in [6.07, 6.45) is 0. The fourth-order valence-electron chi connectivity index (χ4n) is 1.92. The minimum Gasteiger partial charge on any atom is -0.488 e. The van der Waals surface area contributed by atoms with Gasteiger partial charge >= 0.3 is 0 Å². The first kappa shape index (κ1) is 17.7. The maximum absolute atomic E-state index is 13.4. The average molecular weight is 353 g/mol. The number of halogens is 2. The molecule has 8 heteroatoms. The minimum absolute atomic E-state index is 0.0241. The van der Waals surface area contributed by atoms with Crippen molar-refractivity contribution in [2.45, 2.75) is 13.0 Å². The summed E-state index contributed by atoms with van der Waals surface area (Å²) in [4.78, 5) is 22.2. The molecule has 1 amide bonds. The first-order valence-corrected chi connectivity index (χ1v) is 7.38. The second-order valence-corrected chi connectivity index (χ2v) is 5.44. The molecule has 2 rings (SSSR count). The highest BCUT2D eigenvalue weighted by molar-refractivity contribution is 6.34. The quantitative estimate of drug-likeness (QED) is 0.636. The lowest BCUT2D eigenvalue weighted by molar-refractivity contribution is -0.384. The number of nitro benzene ring substituents is 1. The second-order valence-electron chi connectivity index (χ2n) is 5.04. The molecule has 0 spiro atoms. The largest absolute Gasteiger partial charge is 0.488 e. The molecule has 0 radical (unpaired) electrons. The molecule has 126 valence electrons. The molecule has 1 N–H and O–H groups in total. The number of nitro groups is 1. The summed E-state index contributed by atoms with van der Waals surface area (Å²) in [5.74, 6) is -0.902. The number of benzene rings is 2. The Balaban J connectivity index is 1.96. The number of rotatable bonds is 6. The Kier molecular flexibility index (Phi) is 5.70. The third-order valence-electron chi connectivity index (χ3n) is 3.11. The summed E-state index contributed by atoms with van der Waals surface area (Å²) in [5.41, 5.74) is -0.0903. The van der Waals surface area contributed by atoms with E-state index in [0.29, 0.717) is 0 Å². The van der Waals surface area contributed by atoms with E-state index in [2.05, 4.69) is 5.32 Å². The van der Waals surface area contributed by atoms with Gasteiger partial charge in [0.05, 0.1) is 21.6 Å². The monoisotopic (exact) mass is 352 g/mol. The maximum Gasteiger partial charge on any atom is 0.270 e. The van der Waals surface area contributed by atoms with Gasteiger partial charge in [0, 0.05) is 12.1 Å². The van der Waals surface area contributed by atoms with Crippen molar-refractivity contribution in [1.82, 2.24) is 5.32 Å². The summed E-state index contributed by atoms with van der Waals surface area (Å²) < 4.78 is 18.7. The first-order chi connectivity index (χ1) is 11.4. The van der Waals surface area contributed by atoms with Crippen molar-refractivity contribution in [3.63, 3.8) is 0 Å². The van der Waals surface area contributed by atoms with Crippen LogP contribution in [0.5, 0.6) is 5.75 Å². The molecule has 0 fully saturated rings. The van der Waals surface area contributed by atoms with E-state index in [1.165, 1.54) is 24.3 Å². The van der Waals surface area contributed by atoms with Gasteiger partial charge in [0.1, 0.15) is 6.61 Å². The van der Waals surface area contributed by atoms with Gasteiger partial charge in [0.15, 0.2) is 11.6 Å². The minimum atomic E-state index is -0.599. The molecule has 2 aromatic carbocycles. The molecular formula is C16H14ClFN2O4. The highest BCUT2D eigenvalue weighted by atomic mass is 35.5. The molecule has 0 bridgehead atoms. The Morgan fingerprint density at radius 3 is 2.71 bits per heavy atom. The molecule has 0 saturated heterocycles. The molecule has 2 aromatic rings. The third-order valence-corrected chi connectivity index (χ3v) is 3.42. The summed E-state index contributed by atoms with van der Waals surface area (Å²) in [7, 11) is 0. The Bertz CT molecular complexity index is 769. The summed E-state index contributed by atoms with van der Waals surface area (Å²) in [6.45, 7) is 1.73. The zero-order chi connectivity index (χ0) is 17.7. The Morgan fingerprint density at radius 2 is 2.08 bits per heavy atom. The lowest BCUT2D eigenvalue weighted by Crippen LogP contribution is -2.37. The molecule has 0 heterocycles.